The lowest BCUT2D eigenvalue weighted by Gasteiger charge is -2.22. The fourth-order valence-electron chi connectivity index (χ4n) is 1.99. The Kier molecular flexibility index (Phi) is 5.60. The molecule has 104 valence electrons. The lowest BCUT2D eigenvalue weighted by molar-refractivity contribution is 0.0120. The van der Waals surface area contributed by atoms with Crippen molar-refractivity contribution in [3.8, 4) is 0 Å². The minimum Gasteiger partial charge on any atom is -0.378 e. The Morgan fingerprint density at radius 1 is 1.47 bits per heavy atom. The third-order valence-electron chi connectivity index (χ3n) is 2.99. The summed E-state index contributed by atoms with van der Waals surface area (Å²) in [6.45, 7) is 1.46. The first kappa shape index (κ1) is 14.3. The highest BCUT2D eigenvalue weighted by Crippen LogP contribution is 2.15. The molecule has 1 aromatic heterocycles. The molecule has 19 heavy (non-hydrogen) atoms. The van der Waals surface area contributed by atoms with Crippen molar-refractivity contribution in [2.45, 2.75) is 31.8 Å². The van der Waals surface area contributed by atoms with Gasteiger partial charge in [-0.1, -0.05) is 0 Å². The van der Waals surface area contributed by atoms with Gasteiger partial charge in [-0.25, -0.2) is 9.78 Å². The second-order valence-electron chi connectivity index (χ2n) is 4.52. The SMILES string of the molecule is O=C(NCCC1CCCCO1)Nc1ccc(Br)cn1. The lowest BCUT2D eigenvalue weighted by atomic mass is 10.1. The maximum absolute atomic E-state index is 11.6. The van der Waals surface area contributed by atoms with Gasteiger partial charge in [0, 0.05) is 23.8 Å². The van der Waals surface area contributed by atoms with Crippen LogP contribution in [0.15, 0.2) is 22.8 Å². The summed E-state index contributed by atoms with van der Waals surface area (Å²) in [6, 6.07) is 3.34. The summed E-state index contributed by atoms with van der Waals surface area (Å²) in [5.74, 6) is 0.537. The van der Waals surface area contributed by atoms with Crippen LogP contribution in [0.5, 0.6) is 0 Å². The number of urea groups is 1. The molecule has 2 N–H and O–H groups in total. The van der Waals surface area contributed by atoms with E-state index < -0.39 is 0 Å². The average Bonchev–Trinajstić information content (AvgIpc) is 2.43. The van der Waals surface area contributed by atoms with Crippen molar-refractivity contribution in [3.63, 3.8) is 0 Å². The molecule has 2 amide bonds. The standard InChI is InChI=1S/C13H18BrN3O2/c14-10-4-5-12(16-9-10)17-13(18)15-7-6-11-3-1-2-8-19-11/h4-5,9,11H,1-3,6-8H2,(H2,15,16,17,18). The fraction of sp³-hybridized carbons (Fsp3) is 0.538. The zero-order valence-electron chi connectivity index (χ0n) is 10.7. The highest BCUT2D eigenvalue weighted by molar-refractivity contribution is 9.10. The van der Waals surface area contributed by atoms with Gasteiger partial charge in [-0.2, -0.15) is 0 Å². The number of pyridine rings is 1. The molecule has 6 heteroatoms. The Balaban J connectivity index is 1.65. The number of hydrogen-bond donors (Lipinski definition) is 2. The molecule has 0 aliphatic carbocycles. The van der Waals surface area contributed by atoms with Crippen molar-refractivity contribution in [1.29, 1.82) is 0 Å². The number of aromatic nitrogens is 1. The summed E-state index contributed by atoms with van der Waals surface area (Å²) in [6.07, 6.45) is 6.27. The smallest absolute Gasteiger partial charge is 0.320 e. The Hall–Kier alpha value is -1.14. The van der Waals surface area contributed by atoms with Gasteiger partial charge >= 0.3 is 6.03 Å². The summed E-state index contributed by atoms with van der Waals surface area (Å²) >= 11 is 3.29. The van der Waals surface area contributed by atoms with E-state index in [0.717, 1.165) is 30.3 Å². The third-order valence-corrected chi connectivity index (χ3v) is 3.46. The highest BCUT2D eigenvalue weighted by atomic mass is 79.9. The van der Waals surface area contributed by atoms with Crippen molar-refractivity contribution in [1.82, 2.24) is 10.3 Å². The fourth-order valence-corrected chi connectivity index (χ4v) is 2.23. The molecule has 1 unspecified atom stereocenters. The Bertz CT molecular complexity index is 405. The largest absolute Gasteiger partial charge is 0.378 e. The van der Waals surface area contributed by atoms with Gasteiger partial charge in [0.05, 0.1) is 6.10 Å². The van der Waals surface area contributed by atoms with Crippen LogP contribution >= 0.6 is 15.9 Å². The number of halogens is 1. The Morgan fingerprint density at radius 3 is 3.05 bits per heavy atom. The molecule has 1 aromatic rings. The molecule has 1 fully saturated rings. The number of hydrogen-bond acceptors (Lipinski definition) is 3. The normalized spacial score (nSPS) is 18.9. The van der Waals surface area contributed by atoms with Crippen molar-refractivity contribution in [3.05, 3.63) is 22.8 Å². The van der Waals surface area contributed by atoms with Crippen molar-refractivity contribution in [2.24, 2.45) is 0 Å². The molecule has 0 bridgehead atoms. The van der Waals surface area contributed by atoms with Gasteiger partial charge < -0.3 is 10.1 Å². The molecule has 0 saturated carbocycles. The zero-order valence-corrected chi connectivity index (χ0v) is 12.3. The van der Waals surface area contributed by atoms with Crippen LogP contribution in [0.2, 0.25) is 0 Å². The van der Waals surface area contributed by atoms with E-state index >= 15 is 0 Å². The van der Waals surface area contributed by atoms with E-state index in [1.807, 2.05) is 6.07 Å². The van der Waals surface area contributed by atoms with Gasteiger partial charge in [-0.3, -0.25) is 5.32 Å². The monoisotopic (exact) mass is 327 g/mol. The van der Waals surface area contributed by atoms with Crippen LogP contribution in [0, 0.1) is 0 Å². The first-order valence-corrected chi connectivity index (χ1v) is 7.31. The van der Waals surface area contributed by atoms with Gasteiger partial charge in [0.1, 0.15) is 5.82 Å². The van der Waals surface area contributed by atoms with Crippen LogP contribution in [0.3, 0.4) is 0 Å². The Labute approximate surface area is 121 Å². The first-order chi connectivity index (χ1) is 9.24. The maximum atomic E-state index is 11.6. The van der Waals surface area contributed by atoms with E-state index in [9.17, 15) is 4.79 Å². The predicted molar refractivity (Wildman–Crippen MR) is 77.2 cm³/mol. The minimum atomic E-state index is -0.231. The number of nitrogens with zero attached hydrogens (tertiary/aromatic N) is 1. The van der Waals surface area contributed by atoms with Crippen LogP contribution in [-0.2, 0) is 4.74 Å². The number of carbonyl (C=O) groups is 1. The summed E-state index contributed by atoms with van der Waals surface area (Å²) in [4.78, 5) is 15.7. The van der Waals surface area contributed by atoms with Crippen molar-refractivity contribution in [2.75, 3.05) is 18.5 Å². The minimum absolute atomic E-state index is 0.231. The average molecular weight is 328 g/mol. The summed E-state index contributed by atoms with van der Waals surface area (Å²) < 4.78 is 6.48. The maximum Gasteiger partial charge on any atom is 0.320 e. The summed E-state index contributed by atoms with van der Waals surface area (Å²) in [5.41, 5.74) is 0. The number of carbonyl (C=O) groups excluding carboxylic acids is 1. The zero-order chi connectivity index (χ0) is 13.5. The van der Waals surface area contributed by atoms with E-state index in [4.69, 9.17) is 4.74 Å². The molecular weight excluding hydrogens is 310 g/mol. The van der Waals surface area contributed by atoms with Crippen LogP contribution in [0.1, 0.15) is 25.7 Å². The molecule has 2 heterocycles. The van der Waals surface area contributed by atoms with Gasteiger partial charge in [-0.05, 0) is 53.7 Å². The molecule has 1 saturated heterocycles. The second-order valence-corrected chi connectivity index (χ2v) is 5.44. The van der Waals surface area contributed by atoms with Crippen LogP contribution in [0.25, 0.3) is 0 Å². The molecule has 1 aliphatic heterocycles. The molecular formula is C13H18BrN3O2. The van der Waals surface area contributed by atoms with Crippen molar-refractivity contribution < 1.29 is 9.53 Å². The van der Waals surface area contributed by atoms with Crippen LogP contribution < -0.4 is 10.6 Å². The molecule has 2 rings (SSSR count). The third kappa shape index (κ3) is 5.16. The van der Waals surface area contributed by atoms with E-state index in [1.54, 1.807) is 12.3 Å². The van der Waals surface area contributed by atoms with E-state index in [1.165, 1.54) is 6.42 Å². The van der Waals surface area contributed by atoms with Gasteiger partial charge in [0.15, 0.2) is 0 Å². The first-order valence-electron chi connectivity index (χ1n) is 6.52. The van der Waals surface area contributed by atoms with Crippen molar-refractivity contribution >= 4 is 27.8 Å². The summed E-state index contributed by atoms with van der Waals surface area (Å²) in [7, 11) is 0. The lowest BCUT2D eigenvalue weighted by Crippen LogP contribution is -2.32. The van der Waals surface area contributed by atoms with Gasteiger partial charge in [0.2, 0.25) is 0 Å². The van der Waals surface area contributed by atoms with E-state index in [-0.39, 0.29) is 6.03 Å². The quantitative estimate of drug-likeness (QED) is 0.893. The van der Waals surface area contributed by atoms with E-state index in [2.05, 4.69) is 31.5 Å². The van der Waals surface area contributed by atoms with Crippen LogP contribution in [-0.4, -0.2) is 30.3 Å². The molecule has 1 atom stereocenters. The molecule has 1 aliphatic rings. The number of nitrogens with one attached hydrogen (secondary N) is 2. The topological polar surface area (TPSA) is 63.2 Å². The van der Waals surface area contributed by atoms with Gasteiger partial charge in [-0.15, -0.1) is 0 Å². The molecule has 0 spiro atoms. The summed E-state index contributed by atoms with van der Waals surface area (Å²) in [5, 5.41) is 5.50. The number of ether oxygens (including phenoxy) is 1. The number of amides is 2. The number of rotatable bonds is 4. The van der Waals surface area contributed by atoms with Crippen LogP contribution in [0.4, 0.5) is 10.6 Å². The molecule has 5 nitrogen and oxygen atoms in total. The van der Waals surface area contributed by atoms with Gasteiger partial charge in [0.25, 0.3) is 0 Å². The van der Waals surface area contributed by atoms with E-state index in [0.29, 0.717) is 18.5 Å². The second kappa shape index (κ2) is 7.45. The molecule has 0 radical (unpaired) electrons. The number of anilines is 1. The highest BCUT2D eigenvalue weighted by Gasteiger charge is 2.13. The predicted octanol–water partition coefficient (Wildman–Crippen LogP) is 2.92. The molecule has 0 aromatic carbocycles. The Morgan fingerprint density at radius 2 is 2.37 bits per heavy atom.